The largest absolute Gasteiger partial charge is 0.345 e. The molecule has 0 bridgehead atoms. The average Bonchev–Trinajstić information content (AvgIpc) is 2.89. The van der Waals surface area contributed by atoms with Crippen LogP contribution in [-0.4, -0.2) is 37.6 Å². The third kappa shape index (κ3) is 5.83. The summed E-state index contributed by atoms with van der Waals surface area (Å²) in [6.07, 6.45) is 0.826. The van der Waals surface area contributed by atoms with Gasteiger partial charge in [0.2, 0.25) is 15.9 Å². The molecule has 4 rings (SSSR count). The van der Waals surface area contributed by atoms with E-state index in [4.69, 9.17) is 0 Å². The highest BCUT2D eigenvalue weighted by Crippen LogP contribution is 2.26. The Kier molecular flexibility index (Phi) is 7.86. The highest BCUT2D eigenvalue weighted by atomic mass is 32.2. The van der Waals surface area contributed by atoms with Crippen LogP contribution in [0, 0.1) is 12.8 Å². The molecule has 1 aliphatic heterocycles. The molecule has 0 aliphatic carbocycles. The monoisotopic (exact) mass is 505 g/mol. The van der Waals surface area contributed by atoms with Crippen LogP contribution in [0.5, 0.6) is 0 Å². The Hall–Kier alpha value is -3.49. The van der Waals surface area contributed by atoms with Gasteiger partial charge in [0.05, 0.1) is 22.2 Å². The molecule has 0 aromatic heterocycles. The number of carbonyl (C=O) groups excluding carboxylic acids is 2. The number of carbonyl (C=O) groups is 2. The summed E-state index contributed by atoms with van der Waals surface area (Å²) in [5, 5.41) is 5.88. The maximum absolute atomic E-state index is 13.0. The molecule has 3 aromatic rings. The Morgan fingerprint density at radius 3 is 2.17 bits per heavy atom. The Labute approximate surface area is 212 Å². The van der Waals surface area contributed by atoms with Gasteiger partial charge in [0.1, 0.15) is 0 Å². The van der Waals surface area contributed by atoms with E-state index in [0.717, 1.165) is 11.1 Å². The standard InChI is InChI=1S/C28H31N3O4S/c1-20-12-14-24(15-13-20)36(34,35)31-18-16-23(17-19-31)27(32)30-26-11-7-6-10-25(26)28(33)29-21(2)22-8-4-3-5-9-22/h3-15,21,23H,16-19H2,1-2H3,(H,29,33)(H,30,32)/t21-/m1/s1. The van der Waals surface area contributed by atoms with Crippen molar-refractivity contribution in [1.29, 1.82) is 0 Å². The zero-order valence-corrected chi connectivity index (χ0v) is 21.3. The first kappa shape index (κ1) is 25.6. The third-order valence-electron chi connectivity index (χ3n) is 6.56. The van der Waals surface area contributed by atoms with Crippen LogP contribution in [0.2, 0.25) is 0 Å². The van der Waals surface area contributed by atoms with Crippen molar-refractivity contribution in [3.05, 3.63) is 95.6 Å². The lowest BCUT2D eigenvalue weighted by atomic mass is 9.97. The van der Waals surface area contributed by atoms with E-state index in [2.05, 4.69) is 10.6 Å². The van der Waals surface area contributed by atoms with Gasteiger partial charge in [-0.05, 0) is 56.5 Å². The topological polar surface area (TPSA) is 95.6 Å². The fourth-order valence-corrected chi connectivity index (χ4v) is 5.81. The van der Waals surface area contributed by atoms with E-state index in [0.29, 0.717) is 24.1 Å². The molecule has 0 saturated carbocycles. The summed E-state index contributed by atoms with van der Waals surface area (Å²) in [5.41, 5.74) is 2.80. The highest BCUT2D eigenvalue weighted by Gasteiger charge is 2.32. The Bertz CT molecular complexity index is 1320. The van der Waals surface area contributed by atoms with Gasteiger partial charge < -0.3 is 10.6 Å². The second-order valence-electron chi connectivity index (χ2n) is 9.13. The van der Waals surface area contributed by atoms with Crippen LogP contribution in [0.25, 0.3) is 0 Å². The van der Waals surface area contributed by atoms with Gasteiger partial charge >= 0.3 is 0 Å². The molecule has 8 heteroatoms. The number of amides is 2. The number of anilines is 1. The van der Waals surface area contributed by atoms with Gasteiger partial charge in [-0.25, -0.2) is 8.42 Å². The quantitative estimate of drug-likeness (QED) is 0.493. The Morgan fingerprint density at radius 1 is 0.889 bits per heavy atom. The summed E-state index contributed by atoms with van der Waals surface area (Å²) in [7, 11) is -3.59. The van der Waals surface area contributed by atoms with Crippen LogP contribution in [0.3, 0.4) is 0 Å². The molecule has 1 saturated heterocycles. The number of benzene rings is 3. The fourth-order valence-electron chi connectivity index (χ4n) is 4.34. The molecule has 0 unspecified atom stereocenters. The number of hydrogen-bond acceptors (Lipinski definition) is 4. The van der Waals surface area contributed by atoms with Crippen molar-refractivity contribution in [3.63, 3.8) is 0 Å². The molecule has 7 nitrogen and oxygen atoms in total. The first-order valence-electron chi connectivity index (χ1n) is 12.1. The van der Waals surface area contributed by atoms with E-state index in [-0.39, 0.29) is 41.8 Å². The number of para-hydroxylation sites is 1. The molecule has 1 aliphatic rings. The molecule has 0 radical (unpaired) electrons. The zero-order valence-electron chi connectivity index (χ0n) is 20.5. The van der Waals surface area contributed by atoms with Gasteiger partial charge in [0.15, 0.2) is 0 Å². The lowest BCUT2D eigenvalue weighted by Crippen LogP contribution is -2.41. The number of aryl methyl sites for hydroxylation is 1. The molecule has 36 heavy (non-hydrogen) atoms. The van der Waals surface area contributed by atoms with E-state index in [1.54, 1.807) is 48.5 Å². The van der Waals surface area contributed by atoms with Crippen LogP contribution in [-0.2, 0) is 14.8 Å². The molecule has 188 valence electrons. The van der Waals surface area contributed by atoms with Gasteiger partial charge in [0.25, 0.3) is 5.91 Å². The second kappa shape index (κ2) is 11.1. The van der Waals surface area contributed by atoms with Crippen molar-refractivity contribution in [2.75, 3.05) is 18.4 Å². The normalized spacial score (nSPS) is 15.7. The number of nitrogens with one attached hydrogen (secondary N) is 2. The van der Waals surface area contributed by atoms with E-state index in [1.165, 1.54) is 4.31 Å². The zero-order chi connectivity index (χ0) is 25.7. The number of nitrogens with zero attached hydrogens (tertiary/aromatic N) is 1. The minimum Gasteiger partial charge on any atom is -0.345 e. The first-order chi connectivity index (χ1) is 17.3. The summed E-state index contributed by atoms with van der Waals surface area (Å²) in [6.45, 7) is 4.36. The highest BCUT2D eigenvalue weighted by molar-refractivity contribution is 7.89. The van der Waals surface area contributed by atoms with Crippen molar-refractivity contribution in [3.8, 4) is 0 Å². The Morgan fingerprint density at radius 2 is 1.50 bits per heavy atom. The lowest BCUT2D eigenvalue weighted by Gasteiger charge is -2.30. The SMILES string of the molecule is Cc1ccc(S(=O)(=O)N2CCC(C(=O)Nc3ccccc3C(=O)N[C@H](C)c3ccccc3)CC2)cc1. The van der Waals surface area contributed by atoms with E-state index in [1.807, 2.05) is 44.2 Å². The predicted molar refractivity (Wildman–Crippen MR) is 140 cm³/mol. The van der Waals surface area contributed by atoms with Gasteiger partial charge in [-0.1, -0.05) is 60.2 Å². The van der Waals surface area contributed by atoms with E-state index >= 15 is 0 Å². The first-order valence-corrected chi connectivity index (χ1v) is 13.5. The number of hydrogen-bond donors (Lipinski definition) is 2. The van der Waals surface area contributed by atoms with Gasteiger partial charge in [0, 0.05) is 19.0 Å². The summed E-state index contributed by atoms with van der Waals surface area (Å²) in [4.78, 5) is 26.3. The van der Waals surface area contributed by atoms with Gasteiger partial charge in [-0.2, -0.15) is 4.31 Å². The number of rotatable bonds is 7. The van der Waals surface area contributed by atoms with Crippen molar-refractivity contribution in [2.45, 2.75) is 37.6 Å². The fraction of sp³-hybridized carbons (Fsp3) is 0.286. The van der Waals surface area contributed by atoms with Crippen LogP contribution < -0.4 is 10.6 Å². The summed E-state index contributed by atoms with van der Waals surface area (Å²) < 4.78 is 27.4. The van der Waals surface area contributed by atoms with Crippen LogP contribution in [0.15, 0.2) is 83.8 Å². The van der Waals surface area contributed by atoms with Gasteiger partial charge in [-0.15, -0.1) is 0 Å². The van der Waals surface area contributed by atoms with Crippen LogP contribution >= 0.6 is 0 Å². The van der Waals surface area contributed by atoms with Gasteiger partial charge in [-0.3, -0.25) is 9.59 Å². The predicted octanol–water partition coefficient (Wildman–Crippen LogP) is 4.53. The maximum atomic E-state index is 13.0. The second-order valence-corrected chi connectivity index (χ2v) is 11.1. The summed E-state index contributed by atoms with van der Waals surface area (Å²) >= 11 is 0. The van der Waals surface area contributed by atoms with E-state index in [9.17, 15) is 18.0 Å². The third-order valence-corrected chi connectivity index (χ3v) is 8.47. The summed E-state index contributed by atoms with van der Waals surface area (Å²) in [6, 6.07) is 23.2. The molecule has 0 spiro atoms. The van der Waals surface area contributed by atoms with Crippen molar-refractivity contribution < 1.29 is 18.0 Å². The lowest BCUT2D eigenvalue weighted by molar-refractivity contribution is -0.120. The molecule has 1 fully saturated rings. The smallest absolute Gasteiger partial charge is 0.253 e. The molecule has 1 atom stereocenters. The molecule has 2 amide bonds. The van der Waals surface area contributed by atoms with Crippen molar-refractivity contribution in [1.82, 2.24) is 9.62 Å². The average molecular weight is 506 g/mol. The van der Waals surface area contributed by atoms with E-state index < -0.39 is 10.0 Å². The molecule has 2 N–H and O–H groups in total. The molecular formula is C28H31N3O4S. The Balaban J connectivity index is 1.38. The number of piperidine rings is 1. The minimum absolute atomic E-state index is 0.192. The maximum Gasteiger partial charge on any atom is 0.253 e. The minimum atomic E-state index is -3.59. The summed E-state index contributed by atoms with van der Waals surface area (Å²) in [5.74, 6) is -0.825. The van der Waals surface area contributed by atoms with Crippen molar-refractivity contribution >= 4 is 27.5 Å². The molecule has 3 aromatic carbocycles. The molecule has 1 heterocycles. The number of sulfonamides is 1. The van der Waals surface area contributed by atoms with Crippen LogP contribution in [0.4, 0.5) is 5.69 Å². The van der Waals surface area contributed by atoms with Crippen LogP contribution in [0.1, 0.15) is 47.3 Å². The van der Waals surface area contributed by atoms with Crippen molar-refractivity contribution in [2.24, 2.45) is 5.92 Å². The molecular weight excluding hydrogens is 474 g/mol.